The molecule has 1 aliphatic heterocycles. The second-order valence-electron chi connectivity index (χ2n) is 14.3. The van der Waals surface area contributed by atoms with Crippen LogP contribution < -0.4 is 14.7 Å². The third-order valence-electron chi connectivity index (χ3n) is 11.6. The molecule has 5 atom stereocenters. The summed E-state index contributed by atoms with van der Waals surface area (Å²) in [6, 6.07) is 0. The fourth-order valence-corrected chi connectivity index (χ4v) is 8.90. The average molecular weight is 577 g/mol. The number of anilines is 3. The summed E-state index contributed by atoms with van der Waals surface area (Å²) in [6.45, 7) is 7.80. The Hall–Kier alpha value is -2.78. The molecule has 6 rings (SSSR count). The van der Waals surface area contributed by atoms with Gasteiger partial charge in [0.05, 0.1) is 18.4 Å². The van der Waals surface area contributed by atoms with E-state index in [1.165, 1.54) is 11.1 Å². The highest BCUT2D eigenvalue weighted by atomic mass is 16.3. The maximum Gasteiger partial charge on any atom is 0.226 e. The Morgan fingerprint density at radius 3 is 2.48 bits per heavy atom. The van der Waals surface area contributed by atoms with Crippen LogP contribution in [-0.2, 0) is 9.59 Å². The Labute approximate surface area is 250 Å². The maximum absolute atomic E-state index is 14.0. The van der Waals surface area contributed by atoms with Gasteiger partial charge in [-0.1, -0.05) is 31.1 Å². The van der Waals surface area contributed by atoms with Gasteiger partial charge >= 0.3 is 0 Å². The topological polar surface area (TPSA) is 93.1 Å². The number of nitrogens with zero attached hydrogens (tertiary/aromatic N) is 6. The quantitative estimate of drug-likeness (QED) is 0.511. The highest BCUT2D eigenvalue weighted by Crippen LogP contribution is 2.65. The molecule has 228 valence electrons. The minimum absolute atomic E-state index is 0.0189. The molecule has 0 spiro atoms. The van der Waals surface area contributed by atoms with Crippen molar-refractivity contribution in [1.29, 1.82) is 0 Å². The van der Waals surface area contributed by atoms with E-state index in [-0.39, 0.29) is 23.5 Å². The van der Waals surface area contributed by atoms with E-state index in [0.717, 1.165) is 69.8 Å². The number of aliphatic hydroxyl groups is 1. The van der Waals surface area contributed by atoms with E-state index in [9.17, 15) is 14.7 Å². The lowest BCUT2D eigenvalue weighted by Crippen LogP contribution is -2.58. The molecular formula is C33H48N6O3. The number of hydrogen-bond donors (Lipinski definition) is 1. The molecule has 0 bridgehead atoms. The molecule has 0 radical (unpaired) electrons. The van der Waals surface area contributed by atoms with Crippen molar-refractivity contribution < 1.29 is 14.7 Å². The van der Waals surface area contributed by atoms with Crippen LogP contribution >= 0.6 is 0 Å². The number of carbonyl (C=O) groups is 2. The van der Waals surface area contributed by atoms with E-state index >= 15 is 0 Å². The minimum atomic E-state index is -1.30. The fourth-order valence-electron chi connectivity index (χ4n) is 8.90. The van der Waals surface area contributed by atoms with Gasteiger partial charge in [-0.3, -0.25) is 14.5 Å². The zero-order valence-corrected chi connectivity index (χ0v) is 26.3. The SMILES string of the molecule is CN(C)c1ncc(N(C)C)c(N2CCN(CC(=O)[C@@]3(O)CC[C@H]4[C@@H]5CCC6=CC(=O)CC[C@]6(C)C5=CC[C@@]43C)CC2)n1. The average Bonchev–Trinajstić information content (AvgIpc) is 3.25. The Balaban J connectivity index is 1.15. The van der Waals surface area contributed by atoms with Gasteiger partial charge in [0, 0.05) is 71.6 Å². The second kappa shape index (κ2) is 10.4. The number of aromatic nitrogens is 2. The number of allylic oxidation sites excluding steroid dienone is 4. The molecule has 1 aromatic rings. The van der Waals surface area contributed by atoms with Gasteiger partial charge in [-0.05, 0) is 56.4 Å². The number of ketones is 2. The molecule has 0 aromatic carbocycles. The highest BCUT2D eigenvalue weighted by Gasteiger charge is 2.64. The first-order valence-corrected chi connectivity index (χ1v) is 15.8. The normalized spacial score (nSPS) is 34.6. The van der Waals surface area contributed by atoms with E-state index in [1.54, 1.807) is 0 Å². The molecule has 9 heteroatoms. The van der Waals surface area contributed by atoms with Crippen LogP contribution in [0.15, 0.2) is 29.5 Å². The first-order chi connectivity index (χ1) is 19.9. The zero-order chi connectivity index (χ0) is 30.0. The van der Waals surface area contributed by atoms with Gasteiger partial charge < -0.3 is 19.8 Å². The van der Waals surface area contributed by atoms with Crippen molar-refractivity contribution in [3.8, 4) is 0 Å². The first kappa shape index (κ1) is 29.3. The van der Waals surface area contributed by atoms with Gasteiger partial charge in [0.2, 0.25) is 5.95 Å². The van der Waals surface area contributed by atoms with Crippen LogP contribution in [0.1, 0.15) is 58.8 Å². The minimum Gasteiger partial charge on any atom is -0.381 e. The molecule has 9 nitrogen and oxygen atoms in total. The molecule has 5 aliphatic rings. The van der Waals surface area contributed by atoms with Gasteiger partial charge in [0.15, 0.2) is 17.4 Å². The zero-order valence-electron chi connectivity index (χ0n) is 26.3. The first-order valence-electron chi connectivity index (χ1n) is 15.8. The summed E-state index contributed by atoms with van der Waals surface area (Å²) in [5.74, 6) is 2.52. The molecule has 0 amide bonds. The second-order valence-corrected chi connectivity index (χ2v) is 14.3. The van der Waals surface area contributed by atoms with Crippen LogP contribution in [0.25, 0.3) is 0 Å². The number of carbonyl (C=O) groups excluding carboxylic acids is 2. The van der Waals surface area contributed by atoms with Crippen LogP contribution in [0.2, 0.25) is 0 Å². The smallest absolute Gasteiger partial charge is 0.226 e. The third kappa shape index (κ3) is 4.50. The number of Topliss-reactive ketones (excluding diaryl/α,β-unsaturated/α-hetero) is 1. The Morgan fingerprint density at radius 2 is 1.79 bits per heavy atom. The summed E-state index contributed by atoms with van der Waals surface area (Å²) in [5, 5.41) is 12.2. The Morgan fingerprint density at radius 1 is 1.05 bits per heavy atom. The predicted molar refractivity (Wildman–Crippen MR) is 166 cm³/mol. The maximum atomic E-state index is 14.0. The lowest BCUT2D eigenvalue weighted by atomic mass is 9.50. The molecule has 3 fully saturated rings. The predicted octanol–water partition coefficient (Wildman–Crippen LogP) is 3.48. The van der Waals surface area contributed by atoms with Crippen LogP contribution in [0.5, 0.6) is 0 Å². The molecule has 2 heterocycles. The Kier molecular flexibility index (Phi) is 7.28. The van der Waals surface area contributed by atoms with Gasteiger partial charge in [0.25, 0.3) is 0 Å². The summed E-state index contributed by atoms with van der Waals surface area (Å²) in [7, 11) is 7.90. The molecule has 1 N–H and O–H groups in total. The van der Waals surface area contributed by atoms with E-state index in [0.29, 0.717) is 30.6 Å². The van der Waals surface area contributed by atoms with Gasteiger partial charge in [-0.2, -0.15) is 4.98 Å². The molecule has 1 aromatic heterocycles. The van der Waals surface area contributed by atoms with Crippen LogP contribution in [0.4, 0.5) is 17.5 Å². The van der Waals surface area contributed by atoms with E-state index in [1.807, 2.05) is 50.3 Å². The van der Waals surface area contributed by atoms with E-state index in [4.69, 9.17) is 4.98 Å². The van der Waals surface area contributed by atoms with E-state index < -0.39 is 11.0 Å². The summed E-state index contributed by atoms with van der Waals surface area (Å²) < 4.78 is 0. The van der Waals surface area contributed by atoms with Crippen molar-refractivity contribution >= 4 is 29.0 Å². The van der Waals surface area contributed by atoms with Gasteiger partial charge in [0.1, 0.15) is 5.60 Å². The molecule has 2 saturated carbocycles. The van der Waals surface area contributed by atoms with Crippen LogP contribution in [-0.4, -0.2) is 98.1 Å². The summed E-state index contributed by atoms with van der Waals surface area (Å²) >= 11 is 0. The van der Waals surface area contributed by atoms with Crippen molar-refractivity contribution in [1.82, 2.24) is 14.9 Å². The number of hydrogen-bond acceptors (Lipinski definition) is 9. The Bertz CT molecular complexity index is 1330. The third-order valence-corrected chi connectivity index (χ3v) is 11.6. The van der Waals surface area contributed by atoms with E-state index in [2.05, 4.69) is 34.7 Å². The molecule has 1 saturated heterocycles. The molecule has 4 aliphatic carbocycles. The number of rotatable bonds is 6. The summed E-state index contributed by atoms with van der Waals surface area (Å²) in [5.41, 5.74) is 1.96. The standard InChI is InChI=1S/C33H48N6O3/c1-31-12-9-23(40)19-22(31)7-8-24-25(31)10-13-32(2)26(24)11-14-33(32,42)28(41)21-38-15-17-39(18-16-38)29-27(36(3)4)20-34-30(35-29)37(5)6/h10,19-20,24,26,42H,7-9,11-18,21H2,1-6H3/t24-,26+,31+,32+,33+/m1/s1. The van der Waals surface area contributed by atoms with Crippen molar-refractivity contribution in [3.63, 3.8) is 0 Å². The lowest BCUT2D eigenvalue weighted by molar-refractivity contribution is -0.154. The summed E-state index contributed by atoms with van der Waals surface area (Å²) in [6.07, 6.45) is 11.8. The monoisotopic (exact) mass is 576 g/mol. The largest absolute Gasteiger partial charge is 0.381 e. The van der Waals surface area contributed by atoms with Gasteiger partial charge in [-0.25, -0.2) is 4.98 Å². The van der Waals surface area contributed by atoms with Crippen molar-refractivity contribution in [2.24, 2.45) is 22.7 Å². The lowest BCUT2D eigenvalue weighted by Gasteiger charge is -2.54. The van der Waals surface area contributed by atoms with Crippen molar-refractivity contribution in [2.45, 2.75) is 64.4 Å². The fraction of sp³-hybridized carbons (Fsp3) is 0.697. The van der Waals surface area contributed by atoms with Crippen molar-refractivity contribution in [3.05, 3.63) is 29.5 Å². The highest BCUT2D eigenvalue weighted by molar-refractivity contribution is 5.92. The number of fused-ring (bicyclic) bond motifs is 5. The molecule has 0 unspecified atom stereocenters. The number of piperazine rings is 1. The van der Waals surface area contributed by atoms with Crippen LogP contribution in [0.3, 0.4) is 0 Å². The van der Waals surface area contributed by atoms with Crippen LogP contribution in [0, 0.1) is 22.7 Å². The molecule has 42 heavy (non-hydrogen) atoms. The van der Waals surface area contributed by atoms with Crippen molar-refractivity contribution in [2.75, 3.05) is 75.6 Å². The summed E-state index contributed by atoms with van der Waals surface area (Å²) in [4.78, 5) is 43.9. The van der Waals surface area contributed by atoms with Gasteiger partial charge in [-0.15, -0.1) is 0 Å². The molecular weight excluding hydrogens is 528 g/mol.